The summed E-state index contributed by atoms with van der Waals surface area (Å²) in [6.07, 6.45) is -1.91. The molecule has 0 spiro atoms. The van der Waals surface area contributed by atoms with Crippen LogP contribution in [0.2, 0.25) is 5.02 Å². The number of nitrogens with one attached hydrogen (secondary N) is 1. The number of alkyl halides is 1. The zero-order valence-corrected chi connectivity index (χ0v) is 11.9. The molecule has 1 amide bonds. The van der Waals surface area contributed by atoms with Crippen LogP contribution >= 0.6 is 11.6 Å². The zero-order valence-electron chi connectivity index (χ0n) is 11.2. The Bertz CT molecular complexity index is 460. The van der Waals surface area contributed by atoms with E-state index >= 15 is 0 Å². The van der Waals surface area contributed by atoms with Crippen LogP contribution in [0.15, 0.2) is 18.2 Å². The lowest BCUT2D eigenvalue weighted by Gasteiger charge is -2.20. The van der Waals surface area contributed by atoms with Gasteiger partial charge in [-0.3, -0.25) is 5.32 Å². The van der Waals surface area contributed by atoms with Crippen molar-refractivity contribution in [2.24, 2.45) is 5.73 Å². The highest BCUT2D eigenvalue weighted by Gasteiger charge is 2.17. The van der Waals surface area contributed by atoms with Crippen LogP contribution in [-0.4, -0.2) is 18.2 Å². The molecule has 0 aliphatic rings. The Balaban J connectivity index is 2.76. The van der Waals surface area contributed by atoms with E-state index in [9.17, 15) is 9.18 Å². The van der Waals surface area contributed by atoms with Gasteiger partial charge in [0.15, 0.2) is 0 Å². The summed E-state index contributed by atoms with van der Waals surface area (Å²) in [6.45, 7) is 5.14. The van der Waals surface area contributed by atoms with E-state index < -0.39 is 17.9 Å². The van der Waals surface area contributed by atoms with E-state index in [4.69, 9.17) is 22.1 Å². The smallest absolute Gasteiger partial charge is 0.412 e. The van der Waals surface area contributed by atoms with Crippen LogP contribution in [0.25, 0.3) is 0 Å². The maximum atomic E-state index is 13.4. The predicted molar refractivity (Wildman–Crippen MR) is 74.2 cm³/mol. The monoisotopic (exact) mass is 288 g/mol. The minimum Gasteiger partial charge on any atom is -0.444 e. The number of carbonyl (C=O) groups excluding carboxylic acids is 1. The van der Waals surface area contributed by atoms with E-state index in [1.54, 1.807) is 26.8 Å². The summed E-state index contributed by atoms with van der Waals surface area (Å²) in [5.74, 6) is 0. The molecule has 0 radical (unpaired) electrons. The number of rotatable bonds is 3. The predicted octanol–water partition coefficient (Wildman–Crippen LogP) is 3.66. The Morgan fingerprint density at radius 1 is 1.53 bits per heavy atom. The topological polar surface area (TPSA) is 64.3 Å². The fraction of sp³-hybridized carbons (Fsp3) is 0.462. The number of hydrogen-bond donors (Lipinski definition) is 2. The summed E-state index contributed by atoms with van der Waals surface area (Å²) in [6, 6.07) is 4.50. The van der Waals surface area contributed by atoms with Gasteiger partial charge in [-0.2, -0.15) is 0 Å². The summed E-state index contributed by atoms with van der Waals surface area (Å²) in [7, 11) is 0. The first-order chi connectivity index (χ1) is 8.73. The lowest BCUT2D eigenvalue weighted by molar-refractivity contribution is 0.0636. The van der Waals surface area contributed by atoms with Crippen LogP contribution in [0.1, 0.15) is 32.5 Å². The Kier molecular flexibility index (Phi) is 5.14. The lowest BCUT2D eigenvalue weighted by atomic mass is 10.1. The van der Waals surface area contributed by atoms with Crippen LogP contribution in [0.3, 0.4) is 0 Å². The molecule has 1 unspecified atom stereocenters. The molecule has 1 aromatic carbocycles. The lowest BCUT2D eigenvalue weighted by Crippen LogP contribution is -2.27. The molecule has 6 heteroatoms. The minimum absolute atomic E-state index is 0.140. The first-order valence-electron chi connectivity index (χ1n) is 5.86. The number of amides is 1. The van der Waals surface area contributed by atoms with Crippen molar-refractivity contribution in [3.63, 3.8) is 0 Å². The first-order valence-corrected chi connectivity index (χ1v) is 6.24. The van der Waals surface area contributed by atoms with Crippen molar-refractivity contribution in [3.05, 3.63) is 28.8 Å². The summed E-state index contributed by atoms with van der Waals surface area (Å²) < 4.78 is 18.5. The Hall–Kier alpha value is -1.33. The molecule has 106 valence electrons. The quantitative estimate of drug-likeness (QED) is 0.892. The fourth-order valence-corrected chi connectivity index (χ4v) is 1.71. The average Bonchev–Trinajstić information content (AvgIpc) is 2.25. The fourth-order valence-electron chi connectivity index (χ4n) is 1.41. The Morgan fingerprint density at radius 2 is 2.16 bits per heavy atom. The molecule has 0 aliphatic heterocycles. The van der Waals surface area contributed by atoms with Gasteiger partial charge in [-0.15, -0.1) is 0 Å². The van der Waals surface area contributed by atoms with Gasteiger partial charge in [0, 0.05) is 22.8 Å². The molecule has 0 aromatic heterocycles. The van der Waals surface area contributed by atoms with Crippen molar-refractivity contribution in [3.8, 4) is 0 Å². The van der Waals surface area contributed by atoms with Gasteiger partial charge in [0.25, 0.3) is 0 Å². The third-order valence-corrected chi connectivity index (χ3v) is 2.52. The first kappa shape index (κ1) is 15.7. The van der Waals surface area contributed by atoms with Crippen LogP contribution < -0.4 is 11.1 Å². The van der Waals surface area contributed by atoms with E-state index in [1.807, 2.05) is 0 Å². The Morgan fingerprint density at radius 3 is 2.63 bits per heavy atom. The largest absolute Gasteiger partial charge is 0.444 e. The number of halogens is 2. The van der Waals surface area contributed by atoms with Gasteiger partial charge in [-0.05, 0) is 32.9 Å². The van der Waals surface area contributed by atoms with Crippen molar-refractivity contribution >= 4 is 23.4 Å². The summed E-state index contributed by atoms with van der Waals surface area (Å²) in [4.78, 5) is 11.5. The molecule has 19 heavy (non-hydrogen) atoms. The highest BCUT2D eigenvalue weighted by molar-refractivity contribution is 6.31. The van der Waals surface area contributed by atoms with Gasteiger partial charge in [0.05, 0.1) is 0 Å². The number of benzene rings is 1. The molecule has 1 aromatic rings. The average molecular weight is 289 g/mol. The number of carbonyl (C=O) groups is 1. The molecule has 0 saturated heterocycles. The SMILES string of the molecule is CC(C)(C)OC(=O)Nc1ccc(C(F)CN)c(Cl)c1. The van der Waals surface area contributed by atoms with Crippen molar-refractivity contribution in [2.75, 3.05) is 11.9 Å². The maximum absolute atomic E-state index is 13.4. The maximum Gasteiger partial charge on any atom is 0.412 e. The Labute approximate surface area is 117 Å². The molecule has 0 heterocycles. The van der Waals surface area contributed by atoms with Crippen molar-refractivity contribution in [1.82, 2.24) is 0 Å². The molecular formula is C13H18ClFN2O2. The second kappa shape index (κ2) is 6.21. The van der Waals surface area contributed by atoms with E-state index in [2.05, 4.69) is 5.32 Å². The highest BCUT2D eigenvalue weighted by Crippen LogP contribution is 2.28. The summed E-state index contributed by atoms with van der Waals surface area (Å²) >= 11 is 5.93. The van der Waals surface area contributed by atoms with Crippen LogP contribution in [0, 0.1) is 0 Å². The van der Waals surface area contributed by atoms with E-state index in [0.717, 1.165) is 0 Å². The van der Waals surface area contributed by atoms with Gasteiger partial charge < -0.3 is 10.5 Å². The normalized spacial score (nSPS) is 12.9. The second-order valence-corrected chi connectivity index (χ2v) is 5.47. The van der Waals surface area contributed by atoms with Gasteiger partial charge in [0.2, 0.25) is 0 Å². The molecule has 0 aliphatic carbocycles. The number of hydrogen-bond acceptors (Lipinski definition) is 3. The second-order valence-electron chi connectivity index (χ2n) is 5.07. The molecule has 0 fully saturated rings. The van der Waals surface area contributed by atoms with E-state index in [0.29, 0.717) is 11.3 Å². The minimum atomic E-state index is -1.32. The molecule has 0 bridgehead atoms. The molecule has 4 nitrogen and oxygen atoms in total. The third kappa shape index (κ3) is 5.04. The van der Waals surface area contributed by atoms with Crippen molar-refractivity contribution < 1.29 is 13.9 Å². The standard InChI is InChI=1S/C13H18ClFN2O2/c1-13(2,3)19-12(18)17-8-4-5-9(10(14)6-8)11(15)7-16/h4-6,11H,7,16H2,1-3H3,(H,17,18). The van der Waals surface area contributed by atoms with Crippen LogP contribution in [-0.2, 0) is 4.74 Å². The molecule has 1 rings (SSSR count). The molecular weight excluding hydrogens is 271 g/mol. The number of anilines is 1. The molecule has 0 saturated carbocycles. The van der Waals surface area contributed by atoms with Gasteiger partial charge in [-0.25, -0.2) is 9.18 Å². The van der Waals surface area contributed by atoms with Crippen molar-refractivity contribution in [2.45, 2.75) is 32.5 Å². The zero-order chi connectivity index (χ0) is 14.6. The van der Waals surface area contributed by atoms with E-state index in [-0.39, 0.29) is 11.6 Å². The van der Waals surface area contributed by atoms with E-state index in [1.165, 1.54) is 12.1 Å². The molecule has 3 N–H and O–H groups in total. The van der Waals surface area contributed by atoms with Crippen LogP contribution in [0.5, 0.6) is 0 Å². The summed E-state index contributed by atoms with van der Waals surface area (Å²) in [5, 5.41) is 2.74. The van der Waals surface area contributed by atoms with Gasteiger partial charge in [-0.1, -0.05) is 17.7 Å². The molecule has 1 atom stereocenters. The number of nitrogens with two attached hydrogens (primary N) is 1. The summed E-state index contributed by atoms with van der Waals surface area (Å²) in [5.41, 5.74) is 5.39. The van der Waals surface area contributed by atoms with Gasteiger partial charge >= 0.3 is 6.09 Å². The highest BCUT2D eigenvalue weighted by atomic mass is 35.5. The van der Waals surface area contributed by atoms with Gasteiger partial charge in [0.1, 0.15) is 11.8 Å². The van der Waals surface area contributed by atoms with Crippen LogP contribution in [0.4, 0.5) is 14.9 Å². The van der Waals surface area contributed by atoms with Crippen molar-refractivity contribution in [1.29, 1.82) is 0 Å². The number of ether oxygens (including phenoxy) is 1. The third-order valence-electron chi connectivity index (χ3n) is 2.19.